The van der Waals surface area contributed by atoms with Crippen LogP contribution in [0.5, 0.6) is 0 Å². The van der Waals surface area contributed by atoms with Gasteiger partial charge in [-0.05, 0) is 25.3 Å². The fourth-order valence-corrected chi connectivity index (χ4v) is 3.01. The maximum absolute atomic E-state index is 6.39. The van der Waals surface area contributed by atoms with E-state index in [2.05, 4.69) is 33.5 Å². The summed E-state index contributed by atoms with van der Waals surface area (Å²) in [5, 5.41) is 0. The molecule has 3 nitrogen and oxygen atoms in total. The number of benzene rings is 1. The van der Waals surface area contributed by atoms with Crippen LogP contribution >= 0.6 is 15.9 Å². The molecule has 0 amide bonds. The Kier molecular flexibility index (Phi) is 3.83. The van der Waals surface area contributed by atoms with E-state index in [0.717, 1.165) is 34.5 Å². The summed E-state index contributed by atoms with van der Waals surface area (Å²) >= 11 is 3.60. The molecule has 0 bridgehead atoms. The minimum atomic E-state index is 0.616. The third-order valence-corrected chi connectivity index (χ3v) is 4.53. The Morgan fingerprint density at radius 2 is 2.10 bits per heavy atom. The smallest absolute Gasteiger partial charge is 0.131 e. The Bertz CT molecular complexity index is 614. The summed E-state index contributed by atoms with van der Waals surface area (Å²) in [6.45, 7) is 3.18. The van der Waals surface area contributed by atoms with Gasteiger partial charge in [0.25, 0.3) is 0 Å². The van der Waals surface area contributed by atoms with Gasteiger partial charge < -0.3 is 10.3 Å². The summed E-state index contributed by atoms with van der Waals surface area (Å²) in [6.07, 6.45) is 4.82. The largest absolute Gasteiger partial charge is 0.383 e. The number of rotatable bonds is 5. The van der Waals surface area contributed by atoms with Crippen LogP contribution in [-0.4, -0.2) is 9.55 Å². The molecule has 20 heavy (non-hydrogen) atoms. The van der Waals surface area contributed by atoms with Crippen LogP contribution in [0.15, 0.2) is 28.7 Å². The van der Waals surface area contributed by atoms with Gasteiger partial charge in [-0.15, -0.1) is 0 Å². The van der Waals surface area contributed by atoms with Crippen LogP contribution in [0.1, 0.15) is 44.3 Å². The SMILES string of the molecule is CCCCn1c(C2CC2)nc(-c2ccccc2Br)c1N. The lowest BCUT2D eigenvalue weighted by Crippen LogP contribution is -2.06. The molecule has 2 aromatic rings. The van der Waals surface area contributed by atoms with Crippen LogP contribution in [-0.2, 0) is 6.54 Å². The molecule has 106 valence electrons. The predicted molar refractivity (Wildman–Crippen MR) is 86.7 cm³/mol. The molecular formula is C16H20BrN3. The molecule has 0 unspecified atom stereocenters. The summed E-state index contributed by atoms with van der Waals surface area (Å²) in [5.74, 6) is 2.61. The Balaban J connectivity index is 2.05. The summed E-state index contributed by atoms with van der Waals surface area (Å²) in [7, 11) is 0. The zero-order valence-corrected chi connectivity index (χ0v) is 13.4. The number of aromatic nitrogens is 2. The number of nitrogens with zero attached hydrogens (tertiary/aromatic N) is 2. The van der Waals surface area contributed by atoms with Crippen LogP contribution in [0.25, 0.3) is 11.3 Å². The van der Waals surface area contributed by atoms with Gasteiger partial charge >= 0.3 is 0 Å². The van der Waals surface area contributed by atoms with Crippen molar-refractivity contribution in [1.82, 2.24) is 9.55 Å². The summed E-state index contributed by atoms with van der Waals surface area (Å²) in [5.41, 5.74) is 8.40. The molecular weight excluding hydrogens is 314 g/mol. The van der Waals surface area contributed by atoms with Crippen LogP contribution in [0, 0.1) is 0 Å². The van der Waals surface area contributed by atoms with Gasteiger partial charge in [0.2, 0.25) is 0 Å². The quantitative estimate of drug-likeness (QED) is 0.870. The third kappa shape index (κ3) is 2.49. The predicted octanol–water partition coefficient (Wildman–Crippen LogP) is 4.57. The monoisotopic (exact) mass is 333 g/mol. The van der Waals surface area contributed by atoms with E-state index in [4.69, 9.17) is 10.7 Å². The van der Waals surface area contributed by atoms with Crippen LogP contribution in [0.4, 0.5) is 5.82 Å². The molecule has 0 saturated heterocycles. The molecule has 0 aliphatic heterocycles. The minimum absolute atomic E-state index is 0.616. The third-order valence-electron chi connectivity index (χ3n) is 3.84. The Morgan fingerprint density at radius 1 is 1.35 bits per heavy atom. The number of anilines is 1. The number of hydrogen-bond acceptors (Lipinski definition) is 2. The van der Waals surface area contributed by atoms with Crippen molar-refractivity contribution >= 4 is 21.7 Å². The highest BCUT2D eigenvalue weighted by atomic mass is 79.9. The maximum Gasteiger partial charge on any atom is 0.131 e. The molecule has 1 fully saturated rings. The highest BCUT2D eigenvalue weighted by molar-refractivity contribution is 9.10. The van der Waals surface area contributed by atoms with Crippen molar-refractivity contribution in [3.63, 3.8) is 0 Å². The second kappa shape index (κ2) is 5.60. The van der Waals surface area contributed by atoms with Gasteiger partial charge in [-0.3, -0.25) is 0 Å². The number of hydrogen-bond donors (Lipinski definition) is 1. The number of nitrogen functional groups attached to an aromatic ring is 1. The fourth-order valence-electron chi connectivity index (χ4n) is 2.54. The number of imidazole rings is 1. The van der Waals surface area contributed by atoms with Crippen molar-refractivity contribution in [2.75, 3.05) is 5.73 Å². The molecule has 0 radical (unpaired) electrons. The standard InChI is InChI=1S/C16H20BrN3/c1-2-3-10-20-15(18)14(19-16(20)11-8-9-11)12-6-4-5-7-13(12)17/h4-7,11H,2-3,8-10,18H2,1H3. The lowest BCUT2D eigenvalue weighted by atomic mass is 10.1. The first kappa shape index (κ1) is 13.7. The zero-order valence-electron chi connectivity index (χ0n) is 11.8. The highest BCUT2D eigenvalue weighted by Gasteiger charge is 2.31. The average molecular weight is 334 g/mol. The van der Waals surface area contributed by atoms with Gasteiger partial charge in [0.15, 0.2) is 0 Å². The number of nitrogens with two attached hydrogens (primary N) is 1. The molecule has 3 rings (SSSR count). The Morgan fingerprint density at radius 3 is 2.75 bits per heavy atom. The van der Waals surface area contributed by atoms with Crippen molar-refractivity contribution in [3.8, 4) is 11.3 Å². The van der Waals surface area contributed by atoms with Crippen molar-refractivity contribution in [2.45, 2.75) is 45.1 Å². The van der Waals surface area contributed by atoms with Gasteiger partial charge in [-0.1, -0.05) is 47.5 Å². The lowest BCUT2D eigenvalue weighted by molar-refractivity contribution is 0.609. The van der Waals surface area contributed by atoms with E-state index in [1.165, 1.54) is 25.1 Å². The zero-order chi connectivity index (χ0) is 14.1. The molecule has 1 aromatic carbocycles. The summed E-state index contributed by atoms with van der Waals surface area (Å²) < 4.78 is 3.28. The second-order valence-electron chi connectivity index (χ2n) is 5.46. The van der Waals surface area contributed by atoms with Crippen LogP contribution in [0.2, 0.25) is 0 Å². The van der Waals surface area contributed by atoms with Gasteiger partial charge in [0.1, 0.15) is 17.3 Å². The summed E-state index contributed by atoms with van der Waals surface area (Å²) in [6, 6.07) is 8.15. The van der Waals surface area contributed by atoms with E-state index < -0.39 is 0 Å². The van der Waals surface area contributed by atoms with Crippen LogP contribution < -0.4 is 5.73 Å². The molecule has 1 heterocycles. The first-order valence-electron chi connectivity index (χ1n) is 7.33. The van der Waals surface area contributed by atoms with Crippen molar-refractivity contribution in [1.29, 1.82) is 0 Å². The van der Waals surface area contributed by atoms with Gasteiger partial charge in [-0.25, -0.2) is 4.98 Å². The highest BCUT2D eigenvalue weighted by Crippen LogP contribution is 2.43. The van der Waals surface area contributed by atoms with E-state index in [1.807, 2.05) is 18.2 Å². The van der Waals surface area contributed by atoms with Gasteiger partial charge in [0, 0.05) is 22.5 Å². The van der Waals surface area contributed by atoms with E-state index in [9.17, 15) is 0 Å². The van der Waals surface area contributed by atoms with E-state index >= 15 is 0 Å². The Labute approximate surface area is 128 Å². The number of unbranched alkanes of at least 4 members (excludes halogenated alkanes) is 1. The van der Waals surface area contributed by atoms with Crippen molar-refractivity contribution < 1.29 is 0 Å². The normalized spacial score (nSPS) is 14.7. The topological polar surface area (TPSA) is 43.8 Å². The summed E-state index contributed by atoms with van der Waals surface area (Å²) in [4.78, 5) is 4.86. The second-order valence-corrected chi connectivity index (χ2v) is 6.32. The van der Waals surface area contributed by atoms with Gasteiger partial charge in [0.05, 0.1) is 0 Å². The molecule has 2 N–H and O–H groups in total. The van der Waals surface area contributed by atoms with Crippen molar-refractivity contribution in [2.24, 2.45) is 0 Å². The maximum atomic E-state index is 6.39. The lowest BCUT2D eigenvalue weighted by Gasteiger charge is -2.08. The van der Waals surface area contributed by atoms with Crippen molar-refractivity contribution in [3.05, 3.63) is 34.6 Å². The molecule has 0 spiro atoms. The Hall–Kier alpha value is -1.29. The molecule has 1 aromatic heterocycles. The van der Waals surface area contributed by atoms with E-state index in [0.29, 0.717) is 5.92 Å². The first-order chi connectivity index (χ1) is 9.72. The van der Waals surface area contributed by atoms with E-state index in [-0.39, 0.29) is 0 Å². The molecule has 1 aliphatic carbocycles. The molecule has 0 atom stereocenters. The molecule has 1 saturated carbocycles. The molecule has 4 heteroatoms. The average Bonchev–Trinajstić information content (AvgIpc) is 3.23. The minimum Gasteiger partial charge on any atom is -0.383 e. The van der Waals surface area contributed by atoms with Crippen LogP contribution in [0.3, 0.4) is 0 Å². The van der Waals surface area contributed by atoms with Gasteiger partial charge in [-0.2, -0.15) is 0 Å². The van der Waals surface area contributed by atoms with E-state index in [1.54, 1.807) is 0 Å². The first-order valence-corrected chi connectivity index (χ1v) is 8.12. The number of halogens is 1. The fraction of sp³-hybridized carbons (Fsp3) is 0.438. The molecule has 1 aliphatic rings.